The van der Waals surface area contributed by atoms with Crippen molar-refractivity contribution in [2.45, 2.75) is 53.0 Å². The van der Waals surface area contributed by atoms with Crippen LogP contribution in [0, 0.1) is 11.8 Å². The van der Waals surface area contributed by atoms with Crippen LogP contribution in [0.2, 0.25) is 0 Å². The predicted molar refractivity (Wildman–Crippen MR) is 80.7 cm³/mol. The fraction of sp³-hybridized carbons (Fsp3) is 0.857. The molecule has 0 aromatic carbocycles. The van der Waals surface area contributed by atoms with Gasteiger partial charge in [0, 0.05) is 0 Å². The highest BCUT2D eigenvalue weighted by molar-refractivity contribution is 5.85. The summed E-state index contributed by atoms with van der Waals surface area (Å²) in [5.74, 6) is -0.0529. The van der Waals surface area contributed by atoms with Crippen LogP contribution in [0.3, 0.4) is 0 Å². The van der Waals surface area contributed by atoms with Crippen molar-refractivity contribution in [3.63, 3.8) is 0 Å². The molecule has 0 saturated carbocycles. The molecule has 0 rings (SSSR count). The minimum atomic E-state index is -0.932. The minimum Gasteiger partial charge on any atom is -0.466 e. The largest absolute Gasteiger partial charge is 0.466 e. The molecule has 0 fully saturated rings. The number of carbonyl (C=O) groups excluding carboxylic acids is 2. The van der Waals surface area contributed by atoms with Gasteiger partial charge in [0.1, 0.15) is 6.04 Å². The molecule has 20 heavy (non-hydrogen) atoms. The molecule has 0 heterocycles. The van der Waals surface area contributed by atoms with Gasteiger partial charge in [-0.25, -0.2) is 0 Å². The zero-order chi connectivity index (χ0) is 14.8. The van der Waals surface area contributed by atoms with E-state index in [-0.39, 0.29) is 18.8 Å². The molecule has 6 heteroatoms. The van der Waals surface area contributed by atoms with E-state index in [1.165, 1.54) is 0 Å². The third-order valence-corrected chi connectivity index (χ3v) is 2.59. The van der Waals surface area contributed by atoms with E-state index in [0.29, 0.717) is 25.0 Å². The second kappa shape index (κ2) is 12.0. The lowest BCUT2D eigenvalue weighted by molar-refractivity contribution is -0.152. The highest BCUT2D eigenvalue weighted by Gasteiger charge is 2.19. The van der Waals surface area contributed by atoms with Gasteiger partial charge < -0.3 is 15.2 Å². The van der Waals surface area contributed by atoms with Crippen molar-refractivity contribution < 1.29 is 19.1 Å². The van der Waals surface area contributed by atoms with Crippen molar-refractivity contribution in [2.24, 2.45) is 17.6 Å². The normalized spacial score (nSPS) is 11.9. The number of ether oxygens (including phenoxy) is 2. The van der Waals surface area contributed by atoms with Crippen LogP contribution in [0.15, 0.2) is 0 Å². The quantitative estimate of drug-likeness (QED) is 0.661. The van der Waals surface area contributed by atoms with Gasteiger partial charge in [0.25, 0.3) is 0 Å². The van der Waals surface area contributed by atoms with Gasteiger partial charge in [0.15, 0.2) is 0 Å². The summed E-state index contributed by atoms with van der Waals surface area (Å²) in [4.78, 5) is 22.9. The van der Waals surface area contributed by atoms with Gasteiger partial charge in [0.05, 0.1) is 19.6 Å². The molecule has 2 N–H and O–H groups in total. The first-order chi connectivity index (χ1) is 8.82. The Morgan fingerprint density at radius 3 is 1.85 bits per heavy atom. The van der Waals surface area contributed by atoms with E-state index in [4.69, 9.17) is 15.2 Å². The Balaban J connectivity index is 0. The van der Waals surface area contributed by atoms with Crippen LogP contribution in [-0.4, -0.2) is 31.2 Å². The number of hydrogen-bond acceptors (Lipinski definition) is 5. The van der Waals surface area contributed by atoms with E-state index in [0.717, 1.165) is 12.8 Å². The van der Waals surface area contributed by atoms with E-state index in [9.17, 15) is 9.59 Å². The van der Waals surface area contributed by atoms with Gasteiger partial charge in [-0.2, -0.15) is 0 Å². The third-order valence-electron chi connectivity index (χ3n) is 2.59. The minimum absolute atomic E-state index is 0. The molecule has 0 radical (unpaired) electrons. The number of nitrogens with two attached hydrogens (primary N) is 1. The van der Waals surface area contributed by atoms with Crippen LogP contribution in [0.4, 0.5) is 0 Å². The summed E-state index contributed by atoms with van der Waals surface area (Å²) in [5, 5.41) is 0. The molecule has 0 aromatic rings. The van der Waals surface area contributed by atoms with Crippen LogP contribution < -0.4 is 5.73 Å². The predicted octanol–water partition coefficient (Wildman–Crippen LogP) is 2.30. The number of halogens is 1. The Hall–Kier alpha value is -0.810. The molecule has 1 atom stereocenters. The summed E-state index contributed by atoms with van der Waals surface area (Å²) in [7, 11) is 0. The Morgan fingerprint density at radius 1 is 0.950 bits per heavy atom. The summed E-state index contributed by atoms with van der Waals surface area (Å²) < 4.78 is 9.98. The maximum atomic E-state index is 11.5. The van der Waals surface area contributed by atoms with E-state index >= 15 is 0 Å². The van der Waals surface area contributed by atoms with Gasteiger partial charge >= 0.3 is 11.9 Å². The zero-order valence-corrected chi connectivity index (χ0v) is 13.7. The smallest absolute Gasteiger partial charge is 0.323 e. The highest BCUT2D eigenvalue weighted by Crippen LogP contribution is 2.03. The van der Waals surface area contributed by atoms with Crippen LogP contribution >= 0.6 is 12.4 Å². The van der Waals surface area contributed by atoms with Crippen LogP contribution in [0.5, 0.6) is 0 Å². The van der Waals surface area contributed by atoms with E-state index < -0.39 is 18.0 Å². The maximum absolute atomic E-state index is 11.5. The van der Waals surface area contributed by atoms with E-state index in [1.807, 2.05) is 27.7 Å². The molecule has 0 spiro atoms. The number of esters is 2. The second-order valence-corrected chi connectivity index (χ2v) is 5.56. The molecule has 1 unspecified atom stereocenters. The number of carbonyl (C=O) groups is 2. The lowest BCUT2D eigenvalue weighted by atomic mass is 10.1. The zero-order valence-electron chi connectivity index (χ0n) is 12.9. The van der Waals surface area contributed by atoms with Gasteiger partial charge in [0.2, 0.25) is 0 Å². The average molecular weight is 310 g/mol. The van der Waals surface area contributed by atoms with Crippen LogP contribution in [0.25, 0.3) is 0 Å². The average Bonchev–Trinajstić information content (AvgIpc) is 2.27. The summed E-state index contributed by atoms with van der Waals surface area (Å²) in [6, 6.07) is -0.932. The van der Waals surface area contributed by atoms with Gasteiger partial charge in [-0.15, -0.1) is 12.4 Å². The molecule has 0 aliphatic rings. The van der Waals surface area contributed by atoms with Crippen LogP contribution in [0.1, 0.15) is 47.0 Å². The second-order valence-electron chi connectivity index (χ2n) is 5.56. The maximum Gasteiger partial charge on any atom is 0.323 e. The van der Waals surface area contributed by atoms with Crippen molar-refractivity contribution in [3.05, 3.63) is 0 Å². The Kier molecular flexibility index (Phi) is 12.9. The Labute approximate surface area is 128 Å². The van der Waals surface area contributed by atoms with Crippen molar-refractivity contribution in [3.8, 4) is 0 Å². The molecular weight excluding hydrogens is 282 g/mol. The molecule has 0 aromatic heterocycles. The monoisotopic (exact) mass is 309 g/mol. The number of rotatable bonds is 9. The fourth-order valence-electron chi connectivity index (χ4n) is 1.23. The van der Waals surface area contributed by atoms with Crippen molar-refractivity contribution in [2.75, 3.05) is 13.2 Å². The molecule has 0 amide bonds. The number of hydrogen-bond donors (Lipinski definition) is 1. The standard InChI is InChI=1S/C14H27NO4.ClH/c1-10(2)5-7-18-13(16)9-12(15)14(17)19-8-6-11(3)4;/h10-12H,5-9,15H2,1-4H3;1H. The first-order valence-corrected chi connectivity index (χ1v) is 6.90. The molecular formula is C14H28ClNO4. The van der Waals surface area contributed by atoms with Crippen molar-refractivity contribution in [1.82, 2.24) is 0 Å². The third kappa shape index (κ3) is 12.2. The highest BCUT2D eigenvalue weighted by atomic mass is 35.5. The lowest BCUT2D eigenvalue weighted by Gasteiger charge is -2.12. The van der Waals surface area contributed by atoms with Gasteiger partial charge in [-0.3, -0.25) is 9.59 Å². The summed E-state index contributed by atoms with van der Waals surface area (Å²) in [5.41, 5.74) is 5.59. The molecule has 120 valence electrons. The molecule has 0 saturated heterocycles. The summed E-state index contributed by atoms with van der Waals surface area (Å²) >= 11 is 0. The van der Waals surface area contributed by atoms with Crippen molar-refractivity contribution in [1.29, 1.82) is 0 Å². The SMILES string of the molecule is CC(C)CCOC(=O)CC(N)C(=O)OCCC(C)C.Cl. The topological polar surface area (TPSA) is 78.6 Å². The first kappa shape index (κ1) is 21.5. The fourth-order valence-corrected chi connectivity index (χ4v) is 1.23. The van der Waals surface area contributed by atoms with Gasteiger partial charge in [-0.05, 0) is 24.7 Å². The van der Waals surface area contributed by atoms with Crippen LogP contribution in [-0.2, 0) is 19.1 Å². The molecule has 5 nitrogen and oxygen atoms in total. The molecule has 0 bridgehead atoms. The van der Waals surface area contributed by atoms with Gasteiger partial charge in [-0.1, -0.05) is 27.7 Å². The first-order valence-electron chi connectivity index (χ1n) is 6.90. The van der Waals surface area contributed by atoms with E-state index in [1.54, 1.807) is 0 Å². The summed E-state index contributed by atoms with van der Waals surface area (Å²) in [6.07, 6.45) is 1.47. The summed E-state index contributed by atoms with van der Waals surface area (Å²) in [6.45, 7) is 8.88. The van der Waals surface area contributed by atoms with E-state index in [2.05, 4.69) is 0 Å². The molecule has 0 aliphatic heterocycles. The Bertz CT molecular complexity index is 282. The Morgan fingerprint density at radius 2 is 1.40 bits per heavy atom. The molecule has 0 aliphatic carbocycles. The lowest BCUT2D eigenvalue weighted by Crippen LogP contribution is -2.35. The van der Waals surface area contributed by atoms with Crippen molar-refractivity contribution >= 4 is 24.3 Å².